The fourth-order valence-corrected chi connectivity index (χ4v) is 4.35. The molecule has 0 N–H and O–H groups in total. The van der Waals surface area contributed by atoms with Crippen molar-refractivity contribution >= 4 is 43.5 Å². The maximum absolute atomic E-state index is 6.14. The Hall–Kier alpha value is -0.310. The lowest BCUT2D eigenvalue weighted by atomic mass is 9.94. The molecule has 2 rings (SSSR count). The second kappa shape index (κ2) is 5.99. The van der Waals surface area contributed by atoms with Crippen molar-refractivity contribution in [1.29, 1.82) is 0 Å². The first-order valence-corrected chi connectivity index (χ1v) is 8.15. The quantitative estimate of drug-likeness (QED) is 0.502. The van der Waals surface area contributed by atoms with Crippen molar-refractivity contribution in [2.45, 2.75) is 25.6 Å². The summed E-state index contributed by atoms with van der Waals surface area (Å²) >= 11 is 13.4. The van der Waals surface area contributed by atoms with Crippen LogP contribution in [0.3, 0.4) is 0 Å². The summed E-state index contributed by atoms with van der Waals surface area (Å²) < 4.78 is 1.00. The van der Waals surface area contributed by atoms with Crippen LogP contribution in [0, 0.1) is 20.8 Å². The first-order valence-electron chi connectivity index (χ1n) is 6.06. The van der Waals surface area contributed by atoms with Crippen LogP contribution in [-0.4, -0.2) is 0 Å². The fourth-order valence-electron chi connectivity index (χ4n) is 2.48. The third-order valence-electron chi connectivity index (χ3n) is 3.17. The number of alkyl halides is 1. The van der Waals surface area contributed by atoms with Crippen LogP contribution >= 0.6 is 43.5 Å². The van der Waals surface area contributed by atoms with Gasteiger partial charge in [-0.2, -0.15) is 0 Å². The number of hydrogen-bond acceptors (Lipinski definition) is 0. The minimum Gasteiger partial charge on any atom is -0.0843 e. The van der Waals surface area contributed by atoms with Crippen LogP contribution in [0.1, 0.15) is 32.6 Å². The second-order valence-electron chi connectivity index (χ2n) is 4.88. The summed E-state index contributed by atoms with van der Waals surface area (Å²) in [5.41, 5.74) is 6.38. The monoisotopic (exact) mass is 400 g/mol. The summed E-state index contributed by atoms with van der Waals surface area (Å²) in [7, 11) is 0. The first-order chi connectivity index (χ1) is 8.88. The van der Waals surface area contributed by atoms with Crippen LogP contribution in [0.25, 0.3) is 0 Å². The molecule has 2 aromatic rings. The highest BCUT2D eigenvalue weighted by Gasteiger charge is 2.16. The summed E-state index contributed by atoms with van der Waals surface area (Å²) in [5, 5.41) is 0.747. The molecule has 0 spiro atoms. The van der Waals surface area contributed by atoms with E-state index in [0.717, 1.165) is 15.1 Å². The van der Waals surface area contributed by atoms with Crippen molar-refractivity contribution < 1.29 is 0 Å². The van der Waals surface area contributed by atoms with Gasteiger partial charge in [-0.05, 0) is 61.2 Å². The van der Waals surface area contributed by atoms with Crippen LogP contribution in [0.5, 0.6) is 0 Å². The van der Waals surface area contributed by atoms with E-state index in [9.17, 15) is 0 Å². The highest BCUT2D eigenvalue weighted by atomic mass is 79.9. The van der Waals surface area contributed by atoms with Crippen molar-refractivity contribution in [1.82, 2.24) is 0 Å². The molecule has 0 amide bonds. The van der Waals surface area contributed by atoms with E-state index in [0.29, 0.717) is 0 Å². The van der Waals surface area contributed by atoms with Gasteiger partial charge < -0.3 is 0 Å². The highest BCUT2D eigenvalue weighted by molar-refractivity contribution is 9.10. The molecular weight excluding hydrogens is 387 g/mol. The molecule has 0 aliphatic rings. The molecule has 0 saturated carbocycles. The average Bonchev–Trinajstić information content (AvgIpc) is 2.25. The summed E-state index contributed by atoms with van der Waals surface area (Å²) in [6, 6.07) is 10.4. The molecular formula is C16H15Br2Cl. The Bertz CT molecular complexity index is 577. The van der Waals surface area contributed by atoms with Gasteiger partial charge in [0.1, 0.15) is 0 Å². The van der Waals surface area contributed by atoms with E-state index < -0.39 is 0 Å². The van der Waals surface area contributed by atoms with Gasteiger partial charge in [0.25, 0.3) is 0 Å². The Morgan fingerprint density at radius 3 is 2.05 bits per heavy atom. The molecule has 0 radical (unpaired) electrons. The lowest BCUT2D eigenvalue weighted by Crippen LogP contribution is -2.00. The molecule has 0 bridgehead atoms. The molecule has 1 unspecified atom stereocenters. The maximum atomic E-state index is 6.14. The molecule has 0 fully saturated rings. The Kier molecular flexibility index (Phi) is 4.75. The van der Waals surface area contributed by atoms with Crippen molar-refractivity contribution in [3.05, 3.63) is 67.6 Å². The van der Waals surface area contributed by atoms with Gasteiger partial charge in [0.15, 0.2) is 0 Å². The zero-order valence-electron chi connectivity index (χ0n) is 11.1. The zero-order valence-corrected chi connectivity index (χ0v) is 15.0. The molecule has 1 atom stereocenters. The van der Waals surface area contributed by atoms with E-state index in [2.05, 4.69) is 70.8 Å². The van der Waals surface area contributed by atoms with E-state index in [-0.39, 0.29) is 4.83 Å². The van der Waals surface area contributed by atoms with Gasteiger partial charge in [-0.15, -0.1) is 0 Å². The Balaban J connectivity index is 2.52. The number of rotatable bonds is 2. The Morgan fingerprint density at radius 2 is 1.53 bits per heavy atom. The van der Waals surface area contributed by atoms with E-state index in [4.69, 9.17) is 11.6 Å². The molecule has 0 aliphatic heterocycles. The summed E-state index contributed by atoms with van der Waals surface area (Å²) in [4.78, 5) is 0.156. The lowest BCUT2D eigenvalue weighted by molar-refractivity contribution is 1.10. The highest BCUT2D eigenvalue weighted by Crippen LogP contribution is 2.37. The molecule has 100 valence electrons. The van der Waals surface area contributed by atoms with E-state index in [1.165, 1.54) is 22.3 Å². The molecule has 0 heterocycles. The summed E-state index contributed by atoms with van der Waals surface area (Å²) in [5.74, 6) is 0. The molecule has 0 nitrogen and oxygen atoms in total. The SMILES string of the molecule is Cc1cc(C)c(C(Br)c2cc(Cl)cc(Br)c2)c(C)c1. The summed E-state index contributed by atoms with van der Waals surface area (Å²) in [6.07, 6.45) is 0. The molecule has 2 aromatic carbocycles. The van der Waals surface area contributed by atoms with Crippen molar-refractivity contribution in [3.8, 4) is 0 Å². The molecule has 3 heteroatoms. The van der Waals surface area contributed by atoms with Gasteiger partial charge in [-0.3, -0.25) is 0 Å². The van der Waals surface area contributed by atoms with Crippen LogP contribution in [0.4, 0.5) is 0 Å². The van der Waals surface area contributed by atoms with E-state index in [1.807, 2.05) is 12.1 Å². The number of benzene rings is 2. The smallest absolute Gasteiger partial charge is 0.0650 e. The van der Waals surface area contributed by atoms with Crippen molar-refractivity contribution in [2.24, 2.45) is 0 Å². The third-order valence-corrected chi connectivity index (χ3v) is 4.83. The lowest BCUT2D eigenvalue weighted by Gasteiger charge is -2.18. The zero-order chi connectivity index (χ0) is 14.2. The standard InChI is InChI=1S/C16H15Br2Cl/c1-9-4-10(2)15(11(3)5-9)16(18)12-6-13(17)8-14(19)7-12/h4-8,16H,1-3H3. The van der Waals surface area contributed by atoms with Crippen molar-refractivity contribution in [2.75, 3.05) is 0 Å². The van der Waals surface area contributed by atoms with Crippen LogP contribution < -0.4 is 0 Å². The molecule has 0 aromatic heterocycles. The average molecular weight is 403 g/mol. The Labute approximate surface area is 136 Å². The maximum Gasteiger partial charge on any atom is 0.0650 e. The number of halogens is 3. The predicted octanol–water partition coefficient (Wildman–Crippen LogP) is 6.51. The van der Waals surface area contributed by atoms with E-state index in [1.54, 1.807) is 0 Å². The van der Waals surface area contributed by atoms with Gasteiger partial charge in [0, 0.05) is 9.50 Å². The van der Waals surface area contributed by atoms with Gasteiger partial charge >= 0.3 is 0 Å². The van der Waals surface area contributed by atoms with Crippen LogP contribution in [0.2, 0.25) is 5.02 Å². The largest absolute Gasteiger partial charge is 0.0843 e. The van der Waals surface area contributed by atoms with Gasteiger partial charge in [0.2, 0.25) is 0 Å². The molecule has 0 saturated heterocycles. The minimum atomic E-state index is 0.156. The minimum absolute atomic E-state index is 0.156. The van der Waals surface area contributed by atoms with Gasteiger partial charge in [-0.25, -0.2) is 0 Å². The van der Waals surface area contributed by atoms with Crippen molar-refractivity contribution in [3.63, 3.8) is 0 Å². The van der Waals surface area contributed by atoms with Gasteiger partial charge in [-0.1, -0.05) is 61.2 Å². The fraction of sp³-hybridized carbons (Fsp3) is 0.250. The third kappa shape index (κ3) is 3.42. The topological polar surface area (TPSA) is 0 Å². The van der Waals surface area contributed by atoms with Gasteiger partial charge in [0.05, 0.1) is 4.83 Å². The van der Waals surface area contributed by atoms with Crippen LogP contribution in [0.15, 0.2) is 34.8 Å². The first kappa shape index (κ1) is 15.1. The Morgan fingerprint density at radius 1 is 0.947 bits per heavy atom. The summed E-state index contributed by atoms with van der Waals surface area (Å²) in [6.45, 7) is 6.44. The van der Waals surface area contributed by atoms with Crippen LogP contribution in [-0.2, 0) is 0 Å². The van der Waals surface area contributed by atoms with E-state index >= 15 is 0 Å². The molecule has 0 aliphatic carbocycles. The number of aryl methyl sites for hydroxylation is 3. The normalized spacial score (nSPS) is 12.5. The molecule has 19 heavy (non-hydrogen) atoms. The number of hydrogen-bond donors (Lipinski definition) is 0. The second-order valence-corrected chi connectivity index (χ2v) is 7.15. The predicted molar refractivity (Wildman–Crippen MR) is 90.6 cm³/mol.